The van der Waals surface area contributed by atoms with E-state index < -0.39 is 38.7 Å². The summed E-state index contributed by atoms with van der Waals surface area (Å²) in [6, 6.07) is 8.88. The van der Waals surface area contributed by atoms with E-state index in [1.165, 1.54) is 12.1 Å². The van der Waals surface area contributed by atoms with Crippen LogP contribution in [0.15, 0.2) is 47.4 Å². The number of halogens is 1. The Balaban J connectivity index is 2.21. The van der Waals surface area contributed by atoms with Gasteiger partial charge in [0, 0.05) is 0 Å². The molecule has 0 saturated carbocycles. The Bertz CT molecular complexity index is 1030. The zero-order valence-corrected chi connectivity index (χ0v) is 19.8. The lowest BCUT2D eigenvalue weighted by molar-refractivity contribution is -0.124. The van der Waals surface area contributed by atoms with Crippen molar-refractivity contribution in [3.05, 3.63) is 53.8 Å². The van der Waals surface area contributed by atoms with Crippen molar-refractivity contribution in [2.45, 2.75) is 51.6 Å². The highest BCUT2D eigenvalue weighted by atomic mass is 32.2. The van der Waals surface area contributed by atoms with Crippen molar-refractivity contribution >= 4 is 15.9 Å². The number of nitrogens with one attached hydrogen (secondary N) is 2. The van der Waals surface area contributed by atoms with Crippen molar-refractivity contribution in [2.75, 3.05) is 13.2 Å². The van der Waals surface area contributed by atoms with Crippen LogP contribution < -0.4 is 19.5 Å². The summed E-state index contributed by atoms with van der Waals surface area (Å²) in [6.07, 6.45) is 0. The molecule has 2 N–H and O–H groups in total. The highest BCUT2D eigenvalue weighted by Gasteiger charge is 2.30. The Hall–Kier alpha value is -2.65. The van der Waals surface area contributed by atoms with Gasteiger partial charge in [-0.05, 0) is 56.5 Å². The number of hydrogen-bond acceptors (Lipinski definition) is 5. The van der Waals surface area contributed by atoms with E-state index >= 15 is 0 Å². The summed E-state index contributed by atoms with van der Waals surface area (Å²) in [6.45, 7) is 9.89. The highest BCUT2D eigenvalue weighted by Crippen LogP contribution is 2.31. The Morgan fingerprint density at radius 3 is 2.22 bits per heavy atom. The van der Waals surface area contributed by atoms with Gasteiger partial charge in [0.25, 0.3) is 0 Å². The predicted octanol–water partition coefficient (Wildman–Crippen LogP) is 3.80. The van der Waals surface area contributed by atoms with Gasteiger partial charge in [0.05, 0.1) is 19.3 Å². The standard InChI is InChI=1S/C23H31FN2O5S/c1-6-30-19-13-12-17(14-20(19)31-7-2)16(5)25-23(27)22(15(3)4)26-32(28,29)21-11-9-8-10-18(21)24/h8-16,22,26H,6-7H2,1-5H3,(H,25,27)/t16?,22-/m0/s1. The molecule has 0 aliphatic carbocycles. The van der Waals surface area contributed by atoms with Crippen LogP contribution in [-0.4, -0.2) is 33.6 Å². The van der Waals surface area contributed by atoms with Gasteiger partial charge in [0.15, 0.2) is 11.5 Å². The van der Waals surface area contributed by atoms with Crippen LogP contribution in [0.5, 0.6) is 11.5 Å². The molecule has 1 unspecified atom stereocenters. The molecular formula is C23H31FN2O5S. The Kier molecular flexibility index (Phi) is 9.03. The Labute approximate surface area is 189 Å². The summed E-state index contributed by atoms with van der Waals surface area (Å²) in [5.74, 6) is -0.598. The maximum Gasteiger partial charge on any atom is 0.244 e. The van der Waals surface area contributed by atoms with Gasteiger partial charge in [-0.25, -0.2) is 12.8 Å². The molecule has 9 heteroatoms. The van der Waals surface area contributed by atoms with Crippen molar-refractivity contribution in [3.63, 3.8) is 0 Å². The van der Waals surface area contributed by atoms with Crippen LogP contribution in [-0.2, 0) is 14.8 Å². The van der Waals surface area contributed by atoms with Crippen LogP contribution in [0.1, 0.15) is 46.2 Å². The minimum absolute atomic E-state index is 0.372. The SMILES string of the molecule is CCOc1ccc(C(C)NC(=O)[C@@H](NS(=O)(=O)c2ccccc2F)C(C)C)cc1OCC. The Morgan fingerprint density at radius 1 is 1.00 bits per heavy atom. The van der Waals surface area contributed by atoms with Gasteiger partial charge in [-0.15, -0.1) is 0 Å². The van der Waals surface area contributed by atoms with Crippen molar-refractivity contribution in [1.29, 1.82) is 0 Å². The van der Waals surface area contributed by atoms with Crippen LogP contribution in [0.4, 0.5) is 4.39 Å². The summed E-state index contributed by atoms with van der Waals surface area (Å²) < 4.78 is 52.9. The number of carbonyl (C=O) groups is 1. The van der Waals surface area contributed by atoms with Gasteiger partial charge < -0.3 is 14.8 Å². The fraction of sp³-hybridized carbons (Fsp3) is 0.435. The van der Waals surface area contributed by atoms with Crippen LogP contribution in [0, 0.1) is 11.7 Å². The quantitative estimate of drug-likeness (QED) is 0.525. The number of ether oxygens (including phenoxy) is 2. The molecule has 0 heterocycles. The highest BCUT2D eigenvalue weighted by molar-refractivity contribution is 7.89. The number of rotatable bonds is 11. The fourth-order valence-electron chi connectivity index (χ4n) is 3.11. The zero-order valence-electron chi connectivity index (χ0n) is 19.0. The van der Waals surface area contributed by atoms with Crippen LogP contribution in [0.25, 0.3) is 0 Å². The second-order valence-electron chi connectivity index (χ2n) is 7.58. The number of hydrogen-bond donors (Lipinski definition) is 2. The molecule has 176 valence electrons. The molecule has 0 radical (unpaired) electrons. The second kappa shape index (κ2) is 11.3. The van der Waals surface area contributed by atoms with Crippen molar-refractivity contribution in [2.24, 2.45) is 5.92 Å². The molecule has 2 aromatic carbocycles. The molecule has 2 atom stereocenters. The summed E-state index contributed by atoms with van der Waals surface area (Å²) >= 11 is 0. The smallest absolute Gasteiger partial charge is 0.244 e. The van der Waals surface area contributed by atoms with E-state index in [-0.39, 0.29) is 5.92 Å². The molecule has 2 rings (SSSR count). The van der Waals surface area contributed by atoms with Crippen LogP contribution in [0.3, 0.4) is 0 Å². The molecule has 7 nitrogen and oxygen atoms in total. The molecule has 0 aromatic heterocycles. The topological polar surface area (TPSA) is 93.7 Å². The number of benzene rings is 2. The lowest BCUT2D eigenvalue weighted by atomic mass is 10.0. The van der Waals surface area contributed by atoms with Crippen molar-refractivity contribution < 1.29 is 27.1 Å². The minimum atomic E-state index is -4.23. The van der Waals surface area contributed by atoms with Gasteiger partial charge in [-0.1, -0.05) is 32.0 Å². The normalized spacial score (nSPS) is 13.5. The first-order valence-corrected chi connectivity index (χ1v) is 12.1. The average molecular weight is 467 g/mol. The third kappa shape index (κ3) is 6.43. The van der Waals surface area contributed by atoms with Crippen LogP contribution in [0.2, 0.25) is 0 Å². The summed E-state index contributed by atoms with van der Waals surface area (Å²) in [5.41, 5.74) is 0.768. The number of carbonyl (C=O) groups excluding carboxylic acids is 1. The molecule has 0 fully saturated rings. The zero-order chi connectivity index (χ0) is 23.9. The summed E-state index contributed by atoms with van der Waals surface area (Å²) in [7, 11) is -4.23. The largest absolute Gasteiger partial charge is 0.490 e. The monoisotopic (exact) mass is 466 g/mol. The average Bonchev–Trinajstić information content (AvgIpc) is 2.73. The molecule has 1 amide bonds. The van der Waals surface area contributed by atoms with Crippen molar-refractivity contribution in [3.8, 4) is 11.5 Å². The molecule has 0 aliphatic rings. The van der Waals surface area contributed by atoms with Crippen LogP contribution >= 0.6 is 0 Å². The first kappa shape index (κ1) is 25.6. The van der Waals surface area contributed by atoms with E-state index in [1.54, 1.807) is 32.9 Å². The predicted molar refractivity (Wildman–Crippen MR) is 121 cm³/mol. The van der Waals surface area contributed by atoms with E-state index in [4.69, 9.17) is 9.47 Å². The van der Waals surface area contributed by atoms with E-state index in [2.05, 4.69) is 10.0 Å². The molecule has 0 saturated heterocycles. The minimum Gasteiger partial charge on any atom is -0.490 e. The van der Waals surface area contributed by atoms with Gasteiger partial charge in [0.2, 0.25) is 15.9 Å². The van der Waals surface area contributed by atoms with Gasteiger partial charge in [-0.2, -0.15) is 4.72 Å². The van der Waals surface area contributed by atoms with E-state index in [9.17, 15) is 17.6 Å². The van der Waals surface area contributed by atoms with Crippen molar-refractivity contribution in [1.82, 2.24) is 10.0 Å². The third-order valence-corrected chi connectivity index (χ3v) is 6.26. The lowest BCUT2D eigenvalue weighted by Crippen LogP contribution is -2.50. The number of amides is 1. The Morgan fingerprint density at radius 2 is 1.62 bits per heavy atom. The maximum absolute atomic E-state index is 14.0. The van der Waals surface area contributed by atoms with Gasteiger partial charge in [-0.3, -0.25) is 4.79 Å². The molecular weight excluding hydrogens is 435 g/mol. The first-order valence-electron chi connectivity index (χ1n) is 10.6. The molecule has 0 bridgehead atoms. The summed E-state index contributed by atoms with van der Waals surface area (Å²) in [5, 5.41) is 2.83. The van der Waals surface area contributed by atoms with E-state index in [0.717, 1.165) is 17.7 Å². The van der Waals surface area contributed by atoms with E-state index in [0.29, 0.717) is 24.7 Å². The molecule has 0 spiro atoms. The fourth-order valence-corrected chi connectivity index (χ4v) is 4.53. The second-order valence-corrected chi connectivity index (χ2v) is 9.26. The van der Waals surface area contributed by atoms with Gasteiger partial charge >= 0.3 is 0 Å². The lowest BCUT2D eigenvalue weighted by Gasteiger charge is -2.24. The molecule has 2 aromatic rings. The third-order valence-electron chi connectivity index (χ3n) is 4.78. The van der Waals surface area contributed by atoms with E-state index in [1.807, 2.05) is 19.9 Å². The summed E-state index contributed by atoms with van der Waals surface area (Å²) in [4.78, 5) is 12.5. The first-order chi connectivity index (χ1) is 15.1. The maximum atomic E-state index is 14.0. The molecule has 0 aliphatic heterocycles. The number of sulfonamides is 1. The molecule has 32 heavy (non-hydrogen) atoms. The van der Waals surface area contributed by atoms with Gasteiger partial charge in [0.1, 0.15) is 16.8 Å².